The van der Waals surface area contributed by atoms with E-state index in [4.69, 9.17) is 4.74 Å². The summed E-state index contributed by atoms with van der Waals surface area (Å²) >= 11 is 0. The van der Waals surface area contributed by atoms with E-state index in [1.54, 1.807) is 12.1 Å². The number of rotatable bonds is 11. The Bertz CT molecular complexity index is 1310. The molecule has 1 unspecified atom stereocenters. The Morgan fingerprint density at radius 2 is 1.82 bits per heavy atom. The number of benzene rings is 2. The number of halogens is 5. The van der Waals surface area contributed by atoms with Crippen molar-refractivity contribution in [2.24, 2.45) is 5.41 Å². The van der Waals surface area contributed by atoms with Crippen LogP contribution in [0.3, 0.4) is 0 Å². The Labute approximate surface area is 222 Å². The van der Waals surface area contributed by atoms with E-state index in [0.717, 1.165) is 6.20 Å². The highest BCUT2D eigenvalue weighted by atomic mass is 19.2. The van der Waals surface area contributed by atoms with Crippen molar-refractivity contribution in [1.29, 1.82) is 0 Å². The van der Waals surface area contributed by atoms with E-state index in [0.29, 0.717) is 61.3 Å². The van der Waals surface area contributed by atoms with Gasteiger partial charge in [-0.2, -0.15) is 0 Å². The number of carbonyl (C=O) groups is 1. The summed E-state index contributed by atoms with van der Waals surface area (Å²) in [6.45, 7) is 1.62. The zero-order valence-electron chi connectivity index (χ0n) is 21.5. The number of carboxylic acid groups (broad SMARTS) is 1. The lowest BCUT2D eigenvalue weighted by atomic mass is 9.71. The highest BCUT2D eigenvalue weighted by Crippen LogP contribution is 2.43. The molecule has 11 heteroatoms. The number of aromatic nitrogens is 1. The largest absolute Gasteiger partial charge is 0.497 e. The van der Waals surface area contributed by atoms with Gasteiger partial charge in [0.15, 0.2) is 11.6 Å². The minimum Gasteiger partial charge on any atom is -0.497 e. The molecule has 4 rings (SSSR count). The fourth-order valence-electron chi connectivity index (χ4n) is 5.33. The van der Waals surface area contributed by atoms with Gasteiger partial charge in [0.2, 0.25) is 0 Å². The third kappa shape index (κ3) is 6.76. The summed E-state index contributed by atoms with van der Waals surface area (Å²) in [5.74, 6) is -4.37. The molecule has 1 saturated heterocycles. The number of fused-ring (bicyclic) bond motifs is 1. The number of likely N-dealkylation sites (tertiary alicyclic amines) is 1. The van der Waals surface area contributed by atoms with E-state index in [9.17, 15) is 27.5 Å². The minimum absolute atomic E-state index is 0.0643. The molecule has 0 bridgehead atoms. The molecule has 1 aliphatic heterocycles. The number of aliphatic carboxylic acids is 1. The summed E-state index contributed by atoms with van der Waals surface area (Å²) in [4.78, 5) is 17.7. The van der Waals surface area contributed by atoms with Crippen LogP contribution >= 0.6 is 0 Å². The number of nitrogens with one attached hydrogen (secondary N) is 1. The van der Waals surface area contributed by atoms with Gasteiger partial charge < -0.3 is 20.1 Å². The molecule has 0 spiro atoms. The third-order valence-electron chi connectivity index (χ3n) is 7.49. The summed E-state index contributed by atoms with van der Waals surface area (Å²) in [5.41, 5.74) is -0.770. The van der Waals surface area contributed by atoms with E-state index in [1.165, 1.54) is 13.2 Å². The molecule has 1 atom stereocenters. The van der Waals surface area contributed by atoms with E-state index in [-0.39, 0.29) is 31.4 Å². The topological polar surface area (TPSA) is 74.7 Å². The zero-order chi connectivity index (χ0) is 28.2. The van der Waals surface area contributed by atoms with Crippen molar-refractivity contribution < 1.29 is 36.6 Å². The molecule has 210 valence electrons. The molecule has 1 fully saturated rings. The second-order valence-electron chi connectivity index (χ2n) is 9.99. The van der Waals surface area contributed by atoms with E-state index >= 15 is 4.39 Å². The predicted molar refractivity (Wildman–Crippen MR) is 137 cm³/mol. The highest BCUT2D eigenvalue weighted by Gasteiger charge is 2.37. The number of piperidine rings is 1. The Morgan fingerprint density at radius 1 is 1.13 bits per heavy atom. The van der Waals surface area contributed by atoms with Gasteiger partial charge >= 0.3 is 5.97 Å². The van der Waals surface area contributed by atoms with E-state index in [1.807, 2.05) is 4.90 Å². The maximum atomic E-state index is 15.6. The maximum absolute atomic E-state index is 15.6. The average Bonchev–Trinajstić information content (AvgIpc) is 2.89. The average molecular weight is 552 g/mol. The van der Waals surface area contributed by atoms with Crippen molar-refractivity contribution in [3.8, 4) is 5.75 Å². The number of carboxylic acids is 1. The van der Waals surface area contributed by atoms with Crippen LogP contribution in [0.4, 0.5) is 27.6 Å². The quantitative estimate of drug-likeness (QED) is 0.274. The van der Waals surface area contributed by atoms with Gasteiger partial charge in [-0.1, -0.05) is 0 Å². The van der Waals surface area contributed by atoms with Gasteiger partial charge in [0.05, 0.1) is 25.2 Å². The molecular formula is C28H30F5N3O3. The lowest BCUT2D eigenvalue weighted by Gasteiger charge is -2.41. The SMILES string of the molecule is COc1ccc2ncc(F)c(C(F)CCC3(CC(=O)O)CCN(CCNc4c(F)cc(F)cc4F)CC3)c2c1. The van der Waals surface area contributed by atoms with Crippen molar-refractivity contribution in [3.05, 3.63) is 65.4 Å². The molecule has 0 aliphatic carbocycles. The Balaban J connectivity index is 1.39. The van der Waals surface area contributed by atoms with Gasteiger partial charge in [0.25, 0.3) is 0 Å². The molecule has 3 aromatic rings. The Morgan fingerprint density at radius 3 is 2.46 bits per heavy atom. The molecule has 6 nitrogen and oxygen atoms in total. The van der Waals surface area contributed by atoms with E-state index in [2.05, 4.69) is 10.3 Å². The predicted octanol–water partition coefficient (Wildman–Crippen LogP) is 6.26. The molecule has 0 radical (unpaired) electrons. The monoisotopic (exact) mass is 551 g/mol. The van der Waals surface area contributed by atoms with Crippen LogP contribution in [0.2, 0.25) is 0 Å². The second kappa shape index (κ2) is 12.1. The van der Waals surface area contributed by atoms with Gasteiger partial charge in [-0.05, 0) is 62.4 Å². The molecule has 0 saturated carbocycles. The molecule has 0 amide bonds. The van der Waals surface area contributed by atoms with Crippen molar-refractivity contribution in [3.63, 3.8) is 0 Å². The number of pyridine rings is 1. The van der Waals surface area contributed by atoms with Gasteiger partial charge in [0, 0.05) is 36.2 Å². The highest BCUT2D eigenvalue weighted by molar-refractivity contribution is 5.84. The van der Waals surface area contributed by atoms with Gasteiger partial charge in [-0.25, -0.2) is 22.0 Å². The van der Waals surface area contributed by atoms with Crippen LogP contribution < -0.4 is 10.1 Å². The fourth-order valence-corrected chi connectivity index (χ4v) is 5.33. The number of nitrogens with zero attached hydrogens (tertiary/aromatic N) is 2. The second-order valence-corrected chi connectivity index (χ2v) is 9.99. The standard InChI is InChI=1S/C28H30F5N3O3/c1-39-18-2-3-24-19(14-18)26(23(33)16-35-24)20(30)4-5-28(15-25(37)38)6-9-36(10-7-28)11-8-34-27-21(31)12-17(29)13-22(27)32/h2-3,12-14,16,20,34H,4-11,15H2,1H3,(H,37,38). The van der Waals surface area contributed by atoms with Gasteiger partial charge in [0.1, 0.15) is 29.2 Å². The summed E-state index contributed by atoms with van der Waals surface area (Å²) < 4.78 is 76.3. The number of anilines is 1. The van der Waals surface area contributed by atoms with E-state index < -0.39 is 46.5 Å². The van der Waals surface area contributed by atoms with Crippen LogP contribution in [-0.4, -0.2) is 54.2 Å². The lowest BCUT2D eigenvalue weighted by molar-refractivity contribution is -0.141. The third-order valence-corrected chi connectivity index (χ3v) is 7.49. The van der Waals surface area contributed by atoms with Crippen LogP contribution in [0.1, 0.15) is 43.8 Å². The van der Waals surface area contributed by atoms with Gasteiger partial charge in [-0.3, -0.25) is 9.78 Å². The van der Waals surface area contributed by atoms with Crippen molar-refractivity contribution in [1.82, 2.24) is 9.88 Å². The van der Waals surface area contributed by atoms with Crippen molar-refractivity contribution in [2.45, 2.75) is 38.3 Å². The first kappa shape index (κ1) is 28.5. The number of hydrogen-bond acceptors (Lipinski definition) is 5. The summed E-state index contributed by atoms with van der Waals surface area (Å²) in [6.07, 6.45) is 0.287. The van der Waals surface area contributed by atoms with Crippen LogP contribution in [0, 0.1) is 28.7 Å². The van der Waals surface area contributed by atoms with Crippen molar-refractivity contribution >= 4 is 22.6 Å². The molecule has 1 aliphatic rings. The number of methoxy groups -OCH3 is 1. The van der Waals surface area contributed by atoms with Crippen molar-refractivity contribution in [2.75, 3.05) is 38.6 Å². The van der Waals surface area contributed by atoms with Crippen LogP contribution in [0.25, 0.3) is 10.9 Å². The first-order valence-corrected chi connectivity index (χ1v) is 12.7. The summed E-state index contributed by atoms with van der Waals surface area (Å²) in [6, 6.07) is 6.02. The maximum Gasteiger partial charge on any atom is 0.303 e. The van der Waals surface area contributed by atoms with Crippen LogP contribution in [0.5, 0.6) is 5.75 Å². The number of alkyl halides is 1. The number of hydrogen-bond donors (Lipinski definition) is 2. The molecule has 1 aromatic heterocycles. The molecule has 39 heavy (non-hydrogen) atoms. The Kier molecular flexibility index (Phi) is 8.89. The minimum atomic E-state index is -1.67. The van der Waals surface area contributed by atoms with Gasteiger partial charge in [-0.15, -0.1) is 0 Å². The lowest BCUT2D eigenvalue weighted by Crippen LogP contribution is -2.43. The van der Waals surface area contributed by atoms with Crippen LogP contribution in [-0.2, 0) is 4.79 Å². The normalized spacial score (nSPS) is 16.3. The molecular weight excluding hydrogens is 521 g/mol. The molecule has 2 aromatic carbocycles. The Hall–Kier alpha value is -3.47. The molecule has 2 heterocycles. The number of ether oxygens (including phenoxy) is 1. The first-order chi connectivity index (χ1) is 18.6. The summed E-state index contributed by atoms with van der Waals surface area (Å²) in [5, 5.41) is 12.5. The molecule has 2 N–H and O–H groups in total. The zero-order valence-corrected chi connectivity index (χ0v) is 21.5. The first-order valence-electron chi connectivity index (χ1n) is 12.7. The fraction of sp³-hybridized carbons (Fsp3) is 0.429. The summed E-state index contributed by atoms with van der Waals surface area (Å²) in [7, 11) is 1.46. The van der Waals surface area contributed by atoms with Crippen LogP contribution in [0.15, 0.2) is 36.5 Å². The smallest absolute Gasteiger partial charge is 0.303 e.